The van der Waals surface area contributed by atoms with Crippen LogP contribution in [0, 0.1) is 23.7 Å². The van der Waals surface area contributed by atoms with E-state index in [1.54, 1.807) is 24.3 Å². The van der Waals surface area contributed by atoms with E-state index < -0.39 is 11.7 Å². The highest BCUT2D eigenvalue weighted by atomic mass is 35.5. The van der Waals surface area contributed by atoms with Gasteiger partial charge in [0.1, 0.15) is 36.0 Å². The summed E-state index contributed by atoms with van der Waals surface area (Å²) in [5.41, 5.74) is 4.93. The van der Waals surface area contributed by atoms with E-state index in [2.05, 4.69) is 34.7 Å². The van der Waals surface area contributed by atoms with Gasteiger partial charge in [0.05, 0.1) is 39.6 Å². The predicted octanol–water partition coefficient (Wildman–Crippen LogP) is 3.45. The Balaban J connectivity index is 0. The summed E-state index contributed by atoms with van der Waals surface area (Å²) >= 11 is 0. The largest absolute Gasteiger partial charge is 1.00 e. The molecule has 0 fully saturated rings. The zero-order chi connectivity index (χ0) is 34.4. The highest BCUT2D eigenvalue weighted by Gasteiger charge is 2.16. The number of unbranched alkanes of at least 4 members (excludes halogenated alkanes) is 2. The number of carbonyl (C=O) groups is 1. The molecule has 0 spiro atoms. The lowest BCUT2D eigenvalue weighted by Gasteiger charge is -2.19. The maximum atomic E-state index is 11.7. The maximum Gasteiger partial charge on any atom is 0.412 e. The van der Waals surface area contributed by atoms with Crippen molar-refractivity contribution >= 4 is 29.9 Å². The van der Waals surface area contributed by atoms with Crippen LogP contribution in [0.25, 0.3) is 0 Å². The molecule has 276 valence electrons. The molecule has 0 aliphatic carbocycles. The summed E-state index contributed by atoms with van der Waals surface area (Å²) in [6.07, 6.45) is 3.22. The lowest BCUT2D eigenvalue weighted by Crippen LogP contribution is -3.00. The van der Waals surface area contributed by atoms with E-state index in [1.165, 1.54) is 0 Å². The van der Waals surface area contributed by atoms with Gasteiger partial charge in [0.25, 0.3) is 0 Å². The fourth-order valence-corrected chi connectivity index (χ4v) is 3.50. The van der Waals surface area contributed by atoms with Crippen LogP contribution in [0.15, 0.2) is 48.5 Å². The molecule has 10 nitrogen and oxygen atoms in total. The number of amides is 1. The molecule has 0 unspecified atom stereocenters. The molecular weight excluding hydrogens is 671 g/mol. The first-order valence-corrected chi connectivity index (χ1v) is 16.1. The zero-order valence-electron chi connectivity index (χ0n) is 29.8. The normalized spacial score (nSPS) is 9.92. The molecule has 2 rings (SSSR count). The summed E-state index contributed by atoms with van der Waals surface area (Å²) < 4.78 is 38.1. The van der Waals surface area contributed by atoms with Crippen molar-refractivity contribution in [1.29, 1.82) is 0 Å². The van der Waals surface area contributed by atoms with E-state index in [9.17, 15) is 4.79 Å². The molecule has 0 bridgehead atoms. The van der Waals surface area contributed by atoms with Crippen LogP contribution in [0.3, 0.4) is 0 Å². The smallest absolute Gasteiger partial charge is 0.412 e. The maximum absolute atomic E-state index is 11.7. The highest BCUT2D eigenvalue weighted by Crippen LogP contribution is 2.17. The van der Waals surface area contributed by atoms with Crippen molar-refractivity contribution in [2.24, 2.45) is 0 Å². The summed E-state index contributed by atoms with van der Waals surface area (Å²) in [7, 11) is 0. The first-order chi connectivity index (χ1) is 22.7. The third-order valence-electron chi connectivity index (χ3n) is 5.69. The fraction of sp³-hybridized carbons (Fsp3) is 0.541. The Morgan fingerprint density at radius 1 is 0.653 bits per heavy atom. The topological polar surface area (TPSA) is 121 Å². The number of anilines is 1. The van der Waals surface area contributed by atoms with Gasteiger partial charge in [-0.15, -0.1) is 36.1 Å². The van der Waals surface area contributed by atoms with Crippen molar-refractivity contribution in [3.05, 3.63) is 48.5 Å². The zero-order valence-corrected chi connectivity index (χ0v) is 31.4. The van der Waals surface area contributed by atoms with Crippen molar-refractivity contribution < 1.29 is 56.1 Å². The van der Waals surface area contributed by atoms with Gasteiger partial charge in [0.15, 0.2) is 0 Å². The number of quaternary nitrogens is 1. The quantitative estimate of drug-likeness (QED) is 0.148. The Morgan fingerprint density at radius 2 is 1.04 bits per heavy atom. The number of carbonyl (C=O) groups excluding carboxylic acids is 1. The second kappa shape index (κ2) is 32.0. The van der Waals surface area contributed by atoms with Crippen molar-refractivity contribution in [3.8, 4) is 35.2 Å². The predicted molar refractivity (Wildman–Crippen MR) is 192 cm³/mol. The molecular formula is C37H56Cl2N2O8. The highest BCUT2D eigenvalue weighted by molar-refractivity contribution is 5.85. The van der Waals surface area contributed by atoms with Gasteiger partial charge in [-0.05, 0) is 83.9 Å². The minimum atomic E-state index is -0.526. The van der Waals surface area contributed by atoms with Crippen LogP contribution in [0.4, 0.5) is 16.2 Å². The molecule has 0 radical (unpaired) electrons. The number of hydrogen-bond acceptors (Lipinski definition) is 8. The summed E-state index contributed by atoms with van der Waals surface area (Å²) in [5, 5.41) is 2.67. The summed E-state index contributed by atoms with van der Waals surface area (Å²) in [6, 6.07) is 14.8. The Hall–Kier alpha value is -3.19. The molecule has 0 aliphatic rings. The molecule has 0 atom stereocenters. The molecule has 2 aromatic rings. The third kappa shape index (κ3) is 30.6. The number of halogens is 2. The van der Waals surface area contributed by atoms with Crippen molar-refractivity contribution in [1.82, 2.24) is 0 Å². The second-order valence-electron chi connectivity index (χ2n) is 11.0. The van der Waals surface area contributed by atoms with Crippen LogP contribution >= 0.6 is 12.4 Å². The summed E-state index contributed by atoms with van der Waals surface area (Å²) in [6.45, 7) is 15.0. The van der Waals surface area contributed by atoms with E-state index >= 15 is 0 Å². The van der Waals surface area contributed by atoms with Crippen molar-refractivity contribution in [2.45, 2.75) is 65.9 Å². The van der Waals surface area contributed by atoms with E-state index in [0.29, 0.717) is 70.9 Å². The Kier molecular flexibility index (Phi) is 31.3. The van der Waals surface area contributed by atoms with Crippen molar-refractivity contribution in [2.75, 3.05) is 71.4 Å². The monoisotopic (exact) mass is 726 g/mol. The van der Waals surface area contributed by atoms with Crippen LogP contribution in [0.2, 0.25) is 0 Å². The lowest BCUT2D eigenvalue weighted by molar-refractivity contribution is -0.254. The van der Waals surface area contributed by atoms with Gasteiger partial charge in [-0.25, -0.2) is 4.79 Å². The van der Waals surface area contributed by atoms with Gasteiger partial charge >= 0.3 is 6.09 Å². The number of rotatable bonds is 21. The van der Waals surface area contributed by atoms with Crippen LogP contribution in [0.1, 0.15) is 60.3 Å². The van der Waals surface area contributed by atoms with E-state index in [0.717, 1.165) is 43.7 Å². The Bertz CT molecular complexity index is 1200. The molecule has 4 N–H and O–H groups in total. The number of ether oxygens (including phenoxy) is 7. The van der Waals surface area contributed by atoms with Gasteiger partial charge in [-0.1, -0.05) is 0 Å². The van der Waals surface area contributed by atoms with Crippen LogP contribution in [0.5, 0.6) is 11.5 Å². The Labute approximate surface area is 306 Å². The van der Waals surface area contributed by atoms with Crippen LogP contribution < -0.4 is 32.9 Å². The van der Waals surface area contributed by atoms with Gasteiger partial charge in [-0.3, -0.25) is 5.32 Å². The number of hydrogen-bond donors (Lipinski definition) is 2. The molecule has 0 aliphatic heterocycles. The molecule has 0 heterocycles. The molecule has 0 saturated heterocycles. The number of nitrogens with one attached hydrogen (secondary N) is 1. The molecule has 49 heavy (non-hydrogen) atoms. The average Bonchev–Trinajstić information content (AvgIpc) is 3.03. The van der Waals surface area contributed by atoms with Gasteiger partial charge in [-0.2, -0.15) is 0 Å². The molecule has 2 aromatic carbocycles. The molecule has 0 saturated carbocycles. The fourth-order valence-electron chi connectivity index (χ4n) is 3.50. The average molecular weight is 728 g/mol. The van der Waals surface area contributed by atoms with Crippen LogP contribution in [-0.4, -0.2) is 77.8 Å². The summed E-state index contributed by atoms with van der Waals surface area (Å²) in [4.78, 5) is 11.7. The van der Waals surface area contributed by atoms with Crippen LogP contribution in [-0.2, 0) is 23.7 Å². The second-order valence-corrected chi connectivity index (χ2v) is 11.0. The minimum absolute atomic E-state index is 0. The number of benzene rings is 2. The van der Waals surface area contributed by atoms with E-state index in [-0.39, 0.29) is 24.8 Å². The first kappa shape index (κ1) is 47.9. The Morgan fingerprint density at radius 3 is 1.45 bits per heavy atom. The molecule has 12 heteroatoms. The van der Waals surface area contributed by atoms with E-state index in [1.807, 2.05) is 58.9 Å². The SMILES string of the molecule is CC#CCCCOCCOCCOc1ccc(NC(=O)OC(C)(C)C)cc1.CC#CCCCOCCOCCOc1ccc([NH3+])cc1.Cl.[Cl-]. The van der Waals surface area contributed by atoms with Gasteiger partial charge < -0.3 is 51.3 Å². The van der Waals surface area contributed by atoms with E-state index in [4.69, 9.17) is 33.2 Å². The lowest BCUT2D eigenvalue weighted by atomic mass is 10.2. The van der Waals surface area contributed by atoms with Gasteiger partial charge in [0.2, 0.25) is 0 Å². The molecule has 0 aromatic heterocycles. The molecule has 1 amide bonds. The first-order valence-electron chi connectivity index (χ1n) is 16.1. The van der Waals surface area contributed by atoms with Crippen molar-refractivity contribution in [3.63, 3.8) is 0 Å². The third-order valence-corrected chi connectivity index (χ3v) is 5.69. The standard InChI is InChI=1S/C21H31NO5.C16H23NO3.2ClH/c1-5-6-7-8-13-24-14-15-25-16-17-26-19-11-9-18(10-12-19)22-20(23)27-21(2,3)4;1-2-3-4-5-10-18-11-12-19-13-14-20-16-8-6-15(17)7-9-16;;/h9-12H,7-8,13-17H2,1-4H3,(H,22,23);6-9H,4-5,10-14,17H2,1H3;2*1H. The van der Waals surface area contributed by atoms with Gasteiger partial charge in [0, 0.05) is 43.9 Å². The summed E-state index contributed by atoms with van der Waals surface area (Å²) in [5.74, 6) is 13.3. The minimum Gasteiger partial charge on any atom is -1.00 e.